The van der Waals surface area contributed by atoms with E-state index in [9.17, 15) is 9.59 Å². The SMILES string of the molecule is CCC(=O)Nn1c(N2CCCN(C(=O)OC(C)(C)C)CC2)nc2ccccc21. The first kappa shape index (κ1) is 20.0. The van der Waals surface area contributed by atoms with Gasteiger partial charge in [0.1, 0.15) is 5.60 Å². The first-order valence-corrected chi connectivity index (χ1v) is 9.78. The van der Waals surface area contributed by atoms with Gasteiger partial charge in [-0.05, 0) is 39.3 Å². The number of amides is 2. The van der Waals surface area contributed by atoms with Crippen molar-refractivity contribution in [2.75, 3.05) is 36.5 Å². The molecule has 2 aromatic rings. The highest BCUT2D eigenvalue weighted by molar-refractivity contribution is 5.88. The van der Waals surface area contributed by atoms with E-state index < -0.39 is 5.60 Å². The number of fused-ring (bicyclic) bond motifs is 1. The van der Waals surface area contributed by atoms with Crippen LogP contribution in [0.2, 0.25) is 0 Å². The van der Waals surface area contributed by atoms with Crippen LogP contribution in [0.25, 0.3) is 11.0 Å². The van der Waals surface area contributed by atoms with Gasteiger partial charge in [-0.25, -0.2) is 14.5 Å². The molecule has 1 aliphatic rings. The Morgan fingerprint density at radius 2 is 1.89 bits per heavy atom. The third kappa shape index (κ3) is 4.55. The average molecular weight is 387 g/mol. The van der Waals surface area contributed by atoms with Crippen LogP contribution >= 0.6 is 0 Å². The Morgan fingerprint density at radius 1 is 1.14 bits per heavy atom. The van der Waals surface area contributed by atoms with Gasteiger partial charge in [0.25, 0.3) is 0 Å². The fourth-order valence-electron chi connectivity index (χ4n) is 3.17. The van der Waals surface area contributed by atoms with Gasteiger partial charge < -0.3 is 14.5 Å². The minimum absolute atomic E-state index is 0.0744. The lowest BCUT2D eigenvalue weighted by Crippen LogP contribution is -2.39. The molecule has 0 aliphatic carbocycles. The predicted octanol–water partition coefficient (Wildman–Crippen LogP) is 2.96. The van der Waals surface area contributed by atoms with Gasteiger partial charge in [0, 0.05) is 32.6 Å². The van der Waals surface area contributed by atoms with Gasteiger partial charge in [-0.2, -0.15) is 0 Å². The quantitative estimate of drug-likeness (QED) is 0.876. The molecule has 0 bridgehead atoms. The molecule has 1 N–H and O–H groups in total. The van der Waals surface area contributed by atoms with Crippen LogP contribution in [0.5, 0.6) is 0 Å². The van der Waals surface area contributed by atoms with Crippen LogP contribution in [-0.2, 0) is 9.53 Å². The highest BCUT2D eigenvalue weighted by Crippen LogP contribution is 2.23. The summed E-state index contributed by atoms with van der Waals surface area (Å²) in [5.41, 5.74) is 4.10. The van der Waals surface area contributed by atoms with Crippen LogP contribution in [0.15, 0.2) is 24.3 Å². The monoisotopic (exact) mass is 387 g/mol. The summed E-state index contributed by atoms with van der Waals surface area (Å²) in [6.07, 6.45) is 0.893. The molecule has 152 valence electrons. The molecule has 1 saturated heterocycles. The fourth-order valence-corrected chi connectivity index (χ4v) is 3.17. The number of imidazole rings is 1. The van der Waals surface area contributed by atoms with Crippen molar-refractivity contribution in [3.63, 3.8) is 0 Å². The molecular weight excluding hydrogens is 358 g/mol. The molecule has 0 spiro atoms. The summed E-state index contributed by atoms with van der Waals surface area (Å²) in [5.74, 6) is 0.614. The van der Waals surface area contributed by atoms with Crippen LogP contribution in [-0.4, -0.2) is 58.3 Å². The molecule has 1 aromatic heterocycles. The number of benzene rings is 1. The van der Waals surface area contributed by atoms with Gasteiger partial charge in [0.2, 0.25) is 11.9 Å². The van der Waals surface area contributed by atoms with E-state index in [0.717, 1.165) is 24.0 Å². The number of anilines is 1. The molecule has 1 fully saturated rings. The zero-order valence-corrected chi connectivity index (χ0v) is 17.1. The Balaban J connectivity index is 1.82. The van der Waals surface area contributed by atoms with E-state index >= 15 is 0 Å². The maximum Gasteiger partial charge on any atom is 0.410 e. The smallest absolute Gasteiger partial charge is 0.410 e. The molecular formula is C20H29N5O3. The molecule has 1 aromatic carbocycles. The first-order valence-electron chi connectivity index (χ1n) is 9.78. The Kier molecular flexibility index (Phi) is 5.76. The largest absolute Gasteiger partial charge is 0.444 e. The predicted molar refractivity (Wildman–Crippen MR) is 109 cm³/mol. The van der Waals surface area contributed by atoms with Gasteiger partial charge in [0.15, 0.2) is 0 Å². The normalized spacial score (nSPS) is 15.4. The Labute approximate surface area is 165 Å². The van der Waals surface area contributed by atoms with Crippen LogP contribution in [0, 0.1) is 0 Å². The van der Waals surface area contributed by atoms with Crippen molar-refractivity contribution in [1.82, 2.24) is 14.6 Å². The number of ether oxygens (including phenoxy) is 1. The van der Waals surface area contributed by atoms with Crippen molar-refractivity contribution in [2.45, 2.75) is 46.1 Å². The van der Waals surface area contributed by atoms with Gasteiger partial charge in [-0.3, -0.25) is 10.2 Å². The van der Waals surface area contributed by atoms with Crippen molar-refractivity contribution in [2.24, 2.45) is 0 Å². The zero-order chi connectivity index (χ0) is 20.3. The number of carbonyl (C=O) groups excluding carboxylic acids is 2. The van der Waals surface area contributed by atoms with E-state index in [1.165, 1.54) is 0 Å². The minimum atomic E-state index is -0.512. The lowest BCUT2D eigenvalue weighted by atomic mass is 10.2. The summed E-state index contributed by atoms with van der Waals surface area (Å²) in [7, 11) is 0. The molecule has 28 heavy (non-hydrogen) atoms. The summed E-state index contributed by atoms with van der Waals surface area (Å²) < 4.78 is 7.26. The zero-order valence-electron chi connectivity index (χ0n) is 17.1. The van der Waals surface area contributed by atoms with Gasteiger partial charge >= 0.3 is 6.09 Å². The highest BCUT2D eigenvalue weighted by atomic mass is 16.6. The molecule has 0 unspecified atom stereocenters. The van der Waals surface area contributed by atoms with Gasteiger partial charge in [0.05, 0.1) is 11.0 Å². The third-order valence-corrected chi connectivity index (χ3v) is 4.53. The van der Waals surface area contributed by atoms with Crippen molar-refractivity contribution in [3.05, 3.63) is 24.3 Å². The second kappa shape index (κ2) is 8.08. The van der Waals surface area contributed by atoms with Gasteiger partial charge in [-0.1, -0.05) is 19.1 Å². The summed E-state index contributed by atoms with van der Waals surface area (Å²) in [5, 5.41) is 0. The van der Waals surface area contributed by atoms with Crippen LogP contribution in [0.4, 0.5) is 10.7 Å². The minimum Gasteiger partial charge on any atom is -0.444 e. The third-order valence-electron chi connectivity index (χ3n) is 4.53. The number of nitrogens with one attached hydrogen (secondary N) is 1. The Morgan fingerprint density at radius 3 is 2.61 bits per heavy atom. The topological polar surface area (TPSA) is 79.7 Å². The maximum atomic E-state index is 12.4. The lowest BCUT2D eigenvalue weighted by molar-refractivity contribution is -0.116. The number of aromatic nitrogens is 2. The van der Waals surface area contributed by atoms with E-state index in [2.05, 4.69) is 10.3 Å². The maximum absolute atomic E-state index is 12.4. The molecule has 8 heteroatoms. The van der Waals surface area contributed by atoms with Crippen molar-refractivity contribution >= 4 is 29.0 Å². The van der Waals surface area contributed by atoms with Crippen LogP contribution in [0.3, 0.4) is 0 Å². The van der Waals surface area contributed by atoms with E-state index in [0.29, 0.717) is 32.0 Å². The molecule has 0 radical (unpaired) electrons. The molecule has 8 nitrogen and oxygen atoms in total. The second-order valence-electron chi connectivity index (χ2n) is 7.93. The number of nitrogens with zero attached hydrogens (tertiary/aromatic N) is 4. The standard InChI is InChI=1S/C20H29N5O3/c1-5-17(26)22-25-16-10-7-6-9-15(16)21-18(25)23-11-8-12-24(14-13-23)19(27)28-20(2,3)4/h6-7,9-10H,5,8,11-14H2,1-4H3,(H,22,26). The molecule has 0 atom stereocenters. The number of hydrogen-bond donors (Lipinski definition) is 1. The van der Waals surface area contributed by atoms with Crippen molar-refractivity contribution < 1.29 is 14.3 Å². The average Bonchev–Trinajstić information content (AvgIpc) is 2.82. The Hall–Kier alpha value is -2.77. The Bertz CT molecular complexity index is 855. The molecule has 2 amide bonds. The van der Waals surface area contributed by atoms with E-state index in [4.69, 9.17) is 9.72 Å². The molecule has 3 rings (SSSR count). The summed E-state index contributed by atoms with van der Waals surface area (Å²) in [6, 6.07) is 7.72. The van der Waals surface area contributed by atoms with Crippen molar-refractivity contribution in [3.8, 4) is 0 Å². The molecule has 2 heterocycles. The second-order valence-corrected chi connectivity index (χ2v) is 7.93. The van der Waals surface area contributed by atoms with E-state index in [1.807, 2.05) is 52.0 Å². The molecule has 0 saturated carbocycles. The number of carbonyl (C=O) groups is 2. The highest BCUT2D eigenvalue weighted by Gasteiger charge is 2.26. The number of para-hydroxylation sites is 2. The first-order chi connectivity index (χ1) is 13.3. The van der Waals surface area contributed by atoms with Gasteiger partial charge in [-0.15, -0.1) is 0 Å². The van der Waals surface area contributed by atoms with Crippen LogP contribution in [0.1, 0.15) is 40.5 Å². The summed E-state index contributed by atoms with van der Waals surface area (Å²) in [4.78, 5) is 33.0. The lowest BCUT2D eigenvalue weighted by Gasteiger charge is -2.26. The number of rotatable bonds is 3. The summed E-state index contributed by atoms with van der Waals surface area (Å²) >= 11 is 0. The van der Waals surface area contributed by atoms with E-state index in [-0.39, 0.29) is 12.0 Å². The summed E-state index contributed by atoms with van der Waals surface area (Å²) in [6.45, 7) is 9.95. The van der Waals surface area contributed by atoms with E-state index in [1.54, 1.807) is 9.58 Å². The molecule has 1 aliphatic heterocycles. The fraction of sp³-hybridized carbons (Fsp3) is 0.550. The van der Waals surface area contributed by atoms with Crippen molar-refractivity contribution in [1.29, 1.82) is 0 Å². The number of hydrogen-bond acceptors (Lipinski definition) is 5. The van der Waals surface area contributed by atoms with Crippen LogP contribution < -0.4 is 10.3 Å².